The second-order valence-electron chi connectivity index (χ2n) is 6.57. The Morgan fingerprint density at radius 3 is 2.73 bits per heavy atom. The summed E-state index contributed by atoms with van der Waals surface area (Å²) in [5.74, 6) is 0.203. The molecule has 0 radical (unpaired) electrons. The van der Waals surface area contributed by atoms with Gasteiger partial charge >= 0.3 is 0 Å². The van der Waals surface area contributed by atoms with E-state index in [1.54, 1.807) is 48.8 Å². The van der Waals surface area contributed by atoms with Crippen molar-refractivity contribution >= 4 is 23.2 Å². The second-order valence-corrected chi connectivity index (χ2v) is 6.57. The van der Waals surface area contributed by atoms with Gasteiger partial charge in [-0.2, -0.15) is 0 Å². The van der Waals surface area contributed by atoms with E-state index < -0.39 is 0 Å². The van der Waals surface area contributed by atoms with Gasteiger partial charge in [-0.05, 0) is 68.6 Å². The van der Waals surface area contributed by atoms with Crippen LogP contribution in [0.15, 0.2) is 48.8 Å². The van der Waals surface area contributed by atoms with E-state index in [1.165, 1.54) is 0 Å². The molecule has 136 valence electrons. The summed E-state index contributed by atoms with van der Waals surface area (Å²) in [7, 11) is 0. The first-order valence-corrected chi connectivity index (χ1v) is 9.03. The molecule has 0 saturated carbocycles. The lowest BCUT2D eigenvalue weighted by atomic mass is 9.96. The fourth-order valence-corrected chi connectivity index (χ4v) is 3.15. The Bertz CT molecular complexity index is 740. The molecule has 6 nitrogen and oxygen atoms in total. The van der Waals surface area contributed by atoms with Crippen LogP contribution in [0, 0.1) is 5.92 Å². The predicted octanol–water partition coefficient (Wildman–Crippen LogP) is 3.05. The lowest BCUT2D eigenvalue weighted by Gasteiger charge is -2.14. The Kier molecular flexibility index (Phi) is 6.33. The number of benzene rings is 1. The molecule has 2 heterocycles. The van der Waals surface area contributed by atoms with E-state index in [-0.39, 0.29) is 11.8 Å². The predicted molar refractivity (Wildman–Crippen MR) is 102 cm³/mol. The average molecular weight is 352 g/mol. The van der Waals surface area contributed by atoms with E-state index in [1.807, 2.05) is 0 Å². The number of carbonyl (C=O) groups excluding carboxylic acids is 2. The molecular weight excluding hydrogens is 328 g/mol. The molecule has 1 aliphatic heterocycles. The van der Waals surface area contributed by atoms with Gasteiger partial charge in [0.2, 0.25) is 5.91 Å². The fraction of sp³-hybridized carbons (Fsp3) is 0.350. The molecule has 26 heavy (non-hydrogen) atoms. The smallest absolute Gasteiger partial charge is 0.255 e. The third-order valence-electron chi connectivity index (χ3n) is 4.52. The molecule has 1 fully saturated rings. The van der Waals surface area contributed by atoms with Crippen molar-refractivity contribution in [3.05, 3.63) is 54.4 Å². The van der Waals surface area contributed by atoms with Crippen molar-refractivity contribution in [2.75, 3.05) is 23.7 Å². The number of nitrogens with zero attached hydrogens (tertiary/aromatic N) is 1. The van der Waals surface area contributed by atoms with E-state index in [4.69, 9.17) is 0 Å². The highest BCUT2D eigenvalue weighted by molar-refractivity contribution is 6.05. The number of hydrogen-bond acceptors (Lipinski definition) is 4. The molecule has 1 saturated heterocycles. The molecule has 6 heteroatoms. The molecule has 1 aromatic carbocycles. The van der Waals surface area contributed by atoms with Crippen LogP contribution in [-0.4, -0.2) is 29.9 Å². The van der Waals surface area contributed by atoms with Crippen LogP contribution in [0.1, 0.15) is 36.0 Å². The molecule has 2 amide bonds. The first-order valence-electron chi connectivity index (χ1n) is 9.03. The zero-order valence-corrected chi connectivity index (χ0v) is 14.7. The third-order valence-corrected chi connectivity index (χ3v) is 4.52. The van der Waals surface area contributed by atoms with Crippen molar-refractivity contribution in [3.8, 4) is 0 Å². The van der Waals surface area contributed by atoms with Crippen LogP contribution in [0.4, 0.5) is 11.4 Å². The monoisotopic (exact) mass is 352 g/mol. The van der Waals surface area contributed by atoms with E-state index >= 15 is 0 Å². The summed E-state index contributed by atoms with van der Waals surface area (Å²) in [4.78, 5) is 28.6. The topological polar surface area (TPSA) is 83.1 Å². The van der Waals surface area contributed by atoms with E-state index in [0.29, 0.717) is 29.3 Å². The van der Waals surface area contributed by atoms with Crippen LogP contribution in [0.3, 0.4) is 0 Å². The van der Waals surface area contributed by atoms with E-state index in [0.717, 1.165) is 32.4 Å². The molecule has 0 aliphatic carbocycles. The number of anilines is 2. The van der Waals surface area contributed by atoms with Crippen LogP contribution < -0.4 is 16.0 Å². The molecule has 3 N–H and O–H groups in total. The minimum absolute atomic E-state index is 0.00333. The Balaban J connectivity index is 1.58. The van der Waals surface area contributed by atoms with Crippen LogP contribution in [0.2, 0.25) is 0 Å². The van der Waals surface area contributed by atoms with Crippen molar-refractivity contribution in [1.29, 1.82) is 0 Å². The maximum absolute atomic E-state index is 12.4. The third kappa shape index (κ3) is 5.39. The summed E-state index contributed by atoms with van der Waals surface area (Å²) >= 11 is 0. The molecule has 0 bridgehead atoms. The van der Waals surface area contributed by atoms with Gasteiger partial charge in [-0.1, -0.05) is 6.07 Å². The largest absolute Gasteiger partial charge is 0.326 e. The molecule has 1 aromatic heterocycles. The van der Waals surface area contributed by atoms with E-state index in [2.05, 4.69) is 20.9 Å². The molecule has 2 aromatic rings. The van der Waals surface area contributed by atoms with Gasteiger partial charge in [-0.3, -0.25) is 14.6 Å². The van der Waals surface area contributed by atoms with Crippen molar-refractivity contribution < 1.29 is 9.59 Å². The maximum Gasteiger partial charge on any atom is 0.255 e. The molecule has 0 spiro atoms. The Hall–Kier alpha value is -2.73. The SMILES string of the molecule is O=C(CC1CCCNCC1)Nc1cccc(C(=O)Nc2ccncc2)c1. The van der Waals surface area contributed by atoms with Crippen molar-refractivity contribution in [3.63, 3.8) is 0 Å². The van der Waals surface area contributed by atoms with Crippen molar-refractivity contribution in [1.82, 2.24) is 10.3 Å². The highest BCUT2D eigenvalue weighted by Gasteiger charge is 2.16. The normalized spacial score (nSPS) is 17.2. The summed E-state index contributed by atoms with van der Waals surface area (Å²) in [5, 5.41) is 9.09. The van der Waals surface area contributed by atoms with Gasteiger partial charge in [0.25, 0.3) is 5.91 Å². The molecule has 1 atom stereocenters. The number of rotatable bonds is 5. The molecule has 1 unspecified atom stereocenters. The zero-order valence-electron chi connectivity index (χ0n) is 14.7. The summed E-state index contributed by atoms with van der Waals surface area (Å²) in [6.45, 7) is 2.01. The second kappa shape index (κ2) is 9.10. The standard InChI is InChI=1S/C20H24N4O2/c25-19(13-15-3-2-9-21-10-6-15)23-18-5-1-4-16(14-18)20(26)24-17-7-11-22-12-8-17/h1,4-5,7-8,11-12,14-15,21H,2-3,6,9-10,13H2,(H,23,25)(H,22,24,26). The lowest BCUT2D eigenvalue weighted by Crippen LogP contribution is -2.18. The van der Waals surface area contributed by atoms with Crippen LogP contribution in [-0.2, 0) is 4.79 Å². The Morgan fingerprint density at radius 2 is 1.88 bits per heavy atom. The minimum atomic E-state index is -0.220. The molecular formula is C20H24N4O2. The van der Waals surface area contributed by atoms with Gasteiger partial charge < -0.3 is 16.0 Å². The number of aromatic nitrogens is 1. The minimum Gasteiger partial charge on any atom is -0.326 e. The van der Waals surface area contributed by atoms with Gasteiger partial charge in [-0.25, -0.2) is 0 Å². The first kappa shape index (κ1) is 18.1. The molecule has 1 aliphatic rings. The quantitative estimate of drug-likeness (QED) is 0.772. The van der Waals surface area contributed by atoms with E-state index in [9.17, 15) is 9.59 Å². The highest BCUT2D eigenvalue weighted by Crippen LogP contribution is 2.19. The van der Waals surface area contributed by atoms with Gasteiger partial charge in [0.05, 0.1) is 0 Å². The first-order chi connectivity index (χ1) is 12.7. The van der Waals surface area contributed by atoms with Crippen LogP contribution >= 0.6 is 0 Å². The number of nitrogens with one attached hydrogen (secondary N) is 3. The highest BCUT2D eigenvalue weighted by atomic mass is 16.2. The van der Waals surface area contributed by atoms with Crippen molar-refractivity contribution in [2.45, 2.75) is 25.7 Å². The fourth-order valence-electron chi connectivity index (χ4n) is 3.15. The number of hydrogen-bond donors (Lipinski definition) is 3. The lowest BCUT2D eigenvalue weighted by molar-refractivity contribution is -0.117. The number of pyridine rings is 1. The molecule has 3 rings (SSSR count). The van der Waals surface area contributed by atoms with Gasteiger partial charge in [0, 0.05) is 35.8 Å². The number of amides is 2. The average Bonchev–Trinajstić information content (AvgIpc) is 2.91. The summed E-state index contributed by atoms with van der Waals surface area (Å²) in [5.41, 5.74) is 1.82. The van der Waals surface area contributed by atoms with Gasteiger partial charge in [-0.15, -0.1) is 0 Å². The zero-order chi connectivity index (χ0) is 18.2. The van der Waals surface area contributed by atoms with Crippen LogP contribution in [0.25, 0.3) is 0 Å². The van der Waals surface area contributed by atoms with Gasteiger partial charge in [0.1, 0.15) is 0 Å². The van der Waals surface area contributed by atoms with Crippen molar-refractivity contribution in [2.24, 2.45) is 5.92 Å². The Morgan fingerprint density at radius 1 is 1.04 bits per heavy atom. The summed E-state index contributed by atoms with van der Waals surface area (Å²) in [6, 6.07) is 10.4. The maximum atomic E-state index is 12.4. The van der Waals surface area contributed by atoms with Gasteiger partial charge in [0.15, 0.2) is 0 Å². The Labute approximate surface area is 153 Å². The summed E-state index contributed by atoms with van der Waals surface area (Å²) in [6.07, 6.45) is 6.99. The number of carbonyl (C=O) groups is 2. The van der Waals surface area contributed by atoms with Crippen LogP contribution in [0.5, 0.6) is 0 Å². The summed E-state index contributed by atoms with van der Waals surface area (Å²) < 4.78 is 0.